The number of rotatable bonds is 5. The van der Waals surface area contributed by atoms with Gasteiger partial charge in [0.05, 0.1) is 13.7 Å². The molecule has 1 aromatic heterocycles. The fraction of sp³-hybridized carbons (Fsp3) is 0.286. The van der Waals surface area contributed by atoms with Crippen LogP contribution in [-0.4, -0.2) is 18.8 Å². The standard InChI is InChI=1S/C14H16O3S/c1-3-17-11-6-4-10(5-7-11)14(15)13-8-12(16-2)9-18-13/h4-9,14-15H,3H2,1-2H3. The van der Waals surface area contributed by atoms with Crippen LogP contribution in [0.25, 0.3) is 0 Å². The van der Waals surface area contributed by atoms with E-state index < -0.39 is 6.10 Å². The summed E-state index contributed by atoms with van der Waals surface area (Å²) in [6.07, 6.45) is -0.616. The van der Waals surface area contributed by atoms with Crippen molar-refractivity contribution < 1.29 is 14.6 Å². The molecule has 0 fully saturated rings. The monoisotopic (exact) mass is 264 g/mol. The van der Waals surface area contributed by atoms with E-state index in [1.54, 1.807) is 7.11 Å². The van der Waals surface area contributed by atoms with Crippen molar-refractivity contribution in [2.75, 3.05) is 13.7 Å². The van der Waals surface area contributed by atoms with Gasteiger partial charge in [-0.3, -0.25) is 0 Å². The number of aliphatic hydroxyl groups excluding tert-OH is 1. The van der Waals surface area contributed by atoms with Gasteiger partial charge in [-0.25, -0.2) is 0 Å². The van der Waals surface area contributed by atoms with E-state index in [1.807, 2.05) is 42.6 Å². The van der Waals surface area contributed by atoms with Gasteiger partial charge < -0.3 is 14.6 Å². The van der Waals surface area contributed by atoms with Crippen LogP contribution in [0.3, 0.4) is 0 Å². The molecule has 0 aliphatic heterocycles. The summed E-state index contributed by atoms with van der Waals surface area (Å²) >= 11 is 1.49. The third kappa shape index (κ3) is 2.83. The Bertz CT molecular complexity index is 490. The smallest absolute Gasteiger partial charge is 0.129 e. The minimum atomic E-state index is -0.616. The van der Waals surface area contributed by atoms with E-state index >= 15 is 0 Å². The minimum Gasteiger partial charge on any atom is -0.496 e. The number of hydrogen-bond donors (Lipinski definition) is 1. The molecule has 1 atom stereocenters. The average Bonchev–Trinajstić information content (AvgIpc) is 2.88. The first-order valence-electron chi connectivity index (χ1n) is 5.78. The molecule has 0 saturated heterocycles. The summed E-state index contributed by atoms with van der Waals surface area (Å²) in [5.41, 5.74) is 0.850. The number of benzene rings is 1. The van der Waals surface area contributed by atoms with E-state index in [1.165, 1.54) is 11.3 Å². The van der Waals surface area contributed by atoms with Crippen LogP contribution in [0.5, 0.6) is 11.5 Å². The van der Waals surface area contributed by atoms with Crippen LogP contribution < -0.4 is 9.47 Å². The van der Waals surface area contributed by atoms with Crippen LogP contribution >= 0.6 is 11.3 Å². The van der Waals surface area contributed by atoms with Gasteiger partial charge in [-0.1, -0.05) is 12.1 Å². The predicted molar refractivity (Wildman–Crippen MR) is 72.5 cm³/mol. The van der Waals surface area contributed by atoms with Crippen LogP contribution in [0.2, 0.25) is 0 Å². The molecule has 4 heteroatoms. The Balaban J connectivity index is 2.14. The third-order valence-corrected chi connectivity index (χ3v) is 3.57. The zero-order chi connectivity index (χ0) is 13.0. The van der Waals surface area contributed by atoms with Crippen LogP contribution in [0.1, 0.15) is 23.5 Å². The van der Waals surface area contributed by atoms with Crippen molar-refractivity contribution in [1.29, 1.82) is 0 Å². The molecular formula is C14H16O3S. The van der Waals surface area contributed by atoms with Crippen LogP contribution in [0.15, 0.2) is 35.7 Å². The summed E-state index contributed by atoms with van der Waals surface area (Å²) in [5.74, 6) is 1.59. The molecule has 1 aromatic carbocycles. The van der Waals surface area contributed by atoms with Gasteiger partial charge in [-0.05, 0) is 30.7 Å². The predicted octanol–water partition coefficient (Wildman–Crippen LogP) is 3.24. The molecule has 3 nitrogen and oxygen atoms in total. The Morgan fingerprint density at radius 3 is 2.50 bits per heavy atom. The van der Waals surface area contributed by atoms with Crippen molar-refractivity contribution >= 4 is 11.3 Å². The molecule has 2 rings (SSSR count). The van der Waals surface area contributed by atoms with Crippen molar-refractivity contribution in [1.82, 2.24) is 0 Å². The van der Waals surface area contributed by atoms with Crippen LogP contribution in [-0.2, 0) is 0 Å². The highest BCUT2D eigenvalue weighted by Crippen LogP contribution is 2.31. The molecular weight excluding hydrogens is 248 g/mol. The fourth-order valence-corrected chi connectivity index (χ4v) is 2.53. The van der Waals surface area contributed by atoms with Crippen molar-refractivity contribution in [3.8, 4) is 11.5 Å². The summed E-state index contributed by atoms with van der Waals surface area (Å²) in [6.45, 7) is 2.59. The molecule has 0 aliphatic rings. The van der Waals surface area contributed by atoms with Gasteiger partial charge in [0.2, 0.25) is 0 Å². The third-order valence-electron chi connectivity index (χ3n) is 2.61. The molecule has 0 amide bonds. The summed E-state index contributed by atoms with van der Waals surface area (Å²) in [5, 5.41) is 12.1. The fourth-order valence-electron chi connectivity index (χ4n) is 1.66. The molecule has 1 N–H and O–H groups in total. The molecule has 0 bridgehead atoms. The largest absolute Gasteiger partial charge is 0.496 e. The average molecular weight is 264 g/mol. The maximum atomic E-state index is 10.2. The van der Waals surface area contributed by atoms with Crippen molar-refractivity contribution in [2.45, 2.75) is 13.0 Å². The molecule has 0 aliphatic carbocycles. The van der Waals surface area contributed by atoms with Gasteiger partial charge in [0.15, 0.2) is 0 Å². The lowest BCUT2D eigenvalue weighted by Crippen LogP contribution is -1.97. The highest BCUT2D eigenvalue weighted by Gasteiger charge is 2.13. The molecule has 0 spiro atoms. The zero-order valence-corrected chi connectivity index (χ0v) is 11.2. The van der Waals surface area contributed by atoms with E-state index in [0.717, 1.165) is 21.9 Å². The molecule has 18 heavy (non-hydrogen) atoms. The minimum absolute atomic E-state index is 0.616. The summed E-state index contributed by atoms with van der Waals surface area (Å²) in [6, 6.07) is 9.34. The Hall–Kier alpha value is -1.52. The topological polar surface area (TPSA) is 38.7 Å². The number of methoxy groups -OCH3 is 1. The van der Waals surface area contributed by atoms with Crippen molar-refractivity contribution in [2.24, 2.45) is 0 Å². The SMILES string of the molecule is CCOc1ccc(C(O)c2cc(OC)cs2)cc1. The number of thiophene rings is 1. The van der Waals surface area contributed by atoms with Gasteiger partial charge in [-0.15, -0.1) is 11.3 Å². The Labute approximate surface area is 111 Å². The molecule has 0 saturated carbocycles. The quantitative estimate of drug-likeness (QED) is 0.901. The number of aliphatic hydroxyl groups is 1. The highest BCUT2D eigenvalue weighted by atomic mass is 32.1. The van der Waals surface area contributed by atoms with Crippen molar-refractivity contribution in [3.05, 3.63) is 46.2 Å². The van der Waals surface area contributed by atoms with Gasteiger partial charge in [0.25, 0.3) is 0 Å². The second-order valence-electron chi connectivity index (χ2n) is 3.79. The zero-order valence-electron chi connectivity index (χ0n) is 10.4. The second kappa shape index (κ2) is 5.89. The molecule has 1 heterocycles. The first-order valence-corrected chi connectivity index (χ1v) is 6.65. The first kappa shape index (κ1) is 12.9. The second-order valence-corrected chi connectivity index (χ2v) is 4.74. The lowest BCUT2D eigenvalue weighted by atomic mass is 10.1. The lowest BCUT2D eigenvalue weighted by Gasteiger charge is -2.10. The van der Waals surface area contributed by atoms with E-state index in [4.69, 9.17) is 9.47 Å². The van der Waals surface area contributed by atoms with Gasteiger partial charge in [-0.2, -0.15) is 0 Å². The molecule has 0 radical (unpaired) electrons. The van der Waals surface area contributed by atoms with Gasteiger partial charge in [0, 0.05) is 10.3 Å². The first-order chi connectivity index (χ1) is 8.74. The molecule has 2 aromatic rings. The van der Waals surface area contributed by atoms with E-state index in [0.29, 0.717) is 6.61 Å². The van der Waals surface area contributed by atoms with Crippen molar-refractivity contribution in [3.63, 3.8) is 0 Å². The maximum absolute atomic E-state index is 10.2. The lowest BCUT2D eigenvalue weighted by molar-refractivity contribution is 0.223. The molecule has 1 unspecified atom stereocenters. The number of hydrogen-bond acceptors (Lipinski definition) is 4. The Kier molecular flexibility index (Phi) is 4.23. The Morgan fingerprint density at radius 1 is 1.22 bits per heavy atom. The molecule has 96 valence electrons. The van der Waals surface area contributed by atoms with E-state index in [9.17, 15) is 5.11 Å². The van der Waals surface area contributed by atoms with Gasteiger partial charge >= 0.3 is 0 Å². The Morgan fingerprint density at radius 2 is 1.94 bits per heavy atom. The maximum Gasteiger partial charge on any atom is 0.129 e. The van der Waals surface area contributed by atoms with E-state index in [-0.39, 0.29) is 0 Å². The van der Waals surface area contributed by atoms with Crippen LogP contribution in [0.4, 0.5) is 0 Å². The summed E-state index contributed by atoms with van der Waals surface area (Å²) in [4.78, 5) is 0.871. The number of ether oxygens (including phenoxy) is 2. The normalized spacial score (nSPS) is 12.2. The van der Waals surface area contributed by atoms with Crippen LogP contribution in [0, 0.1) is 0 Å². The summed E-state index contributed by atoms with van der Waals surface area (Å²) < 4.78 is 10.5. The summed E-state index contributed by atoms with van der Waals surface area (Å²) in [7, 11) is 1.62. The van der Waals surface area contributed by atoms with E-state index in [2.05, 4.69) is 0 Å². The van der Waals surface area contributed by atoms with Gasteiger partial charge in [0.1, 0.15) is 17.6 Å². The highest BCUT2D eigenvalue weighted by molar-refractivity contribution is 7.10.